The van der Waals surface area contributed by atoms with Crippen molar-refractivity contribution in [2.24, 2.45) is 0 Å². The predicted octanol–water partition coefficient (Wildman–Crippen LogP) is 1.28. The van der Waals surface area contributed by atoms with E-state index in [9.17, 15) is 8.42 Å². The lowest BCUT2D eigenvalue weighted by Crippen LogP contribution is -2.57. The van der Waals surface area contributed by atoms with E-state index < -0.39 is 10.0 Å². The summed E-state index contributed by atoms with van der Waals surface area (Å²) in [5, 5.41) is 7.19. The molecule has 6 nitrogen and oxygen atoms in total. The zero-order valence-corrected chi connectivity index (χ0v) is 13.1. The average molecular weight is 301 g/mol. The summed E-state index contributed by atoms with van der Waals surface area (Å²) >= 11 is 0. The molecule has 0 spiro atoms. The second-order valence-electron chi connectivity index (χ2n) is 5.33. The highest BCUT2D eigenvalue weighted by Crippen LogP contribution is 2.20. The molecule has 2 unspecified atom stereocenters. The molecule has 114 valence electrons. The van der Waals surface area contributed by atoms with Crippen LogP contribution in [-0.4, -0.2) is 43.1 Å². The summed E-state index contributed by atoms with van der Waals surface area (Å²) in [6.45, 7) is 7.09. The Morgan fingerprint density at radius 2 is 2.20 bits per heavy atom. The Morgan fingerprint density at radius 1 is 1.45 bits per heavy atom. The van der Waals surface area contributed by atoms with Gasteiger partial charge in [0.2, 0.25) is 10.0 Å². The van der Waals surface area contributed by atoms with Crippen LogP contribution in [0.1, 0.15) is 38.1 Å². The molecule has 2 rings (SSSR count). The lowest BCUT2D eigenvalue weighted by Gasteiger charge is -2.38. The van der Waals surface area contributed by atoms with Gasteiger partial charge in [0.15, 0.2) is 0 Å². The zero-order chi connectivity index (χ0) is 14.8. The van der Waals surface area contributed by atoms with Crippen LogP contribution in [0.15, 0.2) is 10.6 Å². The predicted molar refractivity (Wildman–Crippen MR) is 76.7 cm³/mol. The molecule has 1 aliphatic rings. The van der Waals surface area contributed by atoms with Crippen LogP contribution in [0.5, 0.6) is 0 Å². The van der Waals surface area contributed by atoms with E-state index in [0.717, 1.165) is 12.8 Å². The largest absolute Gasteiger partial charge is 0.361 e. The summed E-state index contributed by atoms with van der Waals surface area (Å²) in [5.41, 5.74) is 0.476. The lowest BCUT2D eigenvalue weighted by molar-refractivity contribution is 0.215. The van der Waals surface area contributed by atoms with Gasteiger partial charge in [0.05, 0.1) is 0 Å². The van der Waals surface area contributed by atoms with E-state index in [-0.39, 0.29) is 17.8 Å². The summed E-state index contributed by atoms with van der Waals surface area (Å²) in [4.78, 5) is 0. The Kier molecular flexibility index (Phi) is 4.82. The molecule has 1 aliphatic heterocycles. The third-order valence-electron chi connectivity index (χ3n) is 3.78. The number of rotatable bonds is 5. The first kappa shape index (κ1) is 15.5. The van der Waals surface area contributed by atoms with Crippen LogP contribution in [0.3, 0.4) is 0 Å². The quantitative estimate of drug-likeness (QED) is 0.886. The van der Waals surface area contributed by atoms with Gasteiger partial charge in [-0.1, -0.05) is 19.0 Å². The van der Waals surface area contributed by atoms with Gasteiger partial charge >= 0.3 is 0 Å². The molecule has 0 radical (unpaired) electrons. The third kappa shape index (κ3) is 3.39. The van der Waals surface area contributed by atoms with Crippen molar-refractivity contribution < 1.29 is 12.9 Å². The first-order valence-electron chi connectivity index (χ1n) is 7.11. The van der Waals surface area contributed by atoms with Gasteiger partial charge in [-0.3, -0.25) is 0 Å². The van der Waals surface area contributed by atoms with Crippen molar-refractivity contribution in [1.29, 1.82) is 0 Å². The molecule has 0 aliphatic carbocycles. The molecule has 1 fully saturated rings. The van der Waals surface area contributed by atoms with E-state index in [1.807, 2.05) is 6.92 Å². The number of sulfonamides is 1. The fraction of sp³-hybridized carbons (Fsp3) is 0.769. The average Bonchev–Trinajstić information content (AvgIpc) is 2.82. The minimum absolute atomic E-state index is 0.0239. The standard InChI is InChI=1S/C13H23N3O3S/c1-4-11-8-16(13(5-2)7-14-11)20(17,18)9-12-6-10(3)19-15-12/h6,11,13-14H,4-5,7-9H2,1-3H3. The Hall–Kier alpha value is -0.920. The maximum absolute atomic E-state index is 12.6. The SMILES string of the molecule is CCC1CN(S(=O)(=O)Cc2cc(C)on2)C(CC)CN1. The zero-order valence-electron chi connectivity index (χ0n) is 12.3. The maximum Gasteiger partial charge on any atom is 0.220 e. The minimum Gasteiger partial charge on any atom is -0.361 e. The second kappa shape index (κ2) is 6.24. The maximum atomic E-state index is 12.6. The summed E-state index contributed by atoms with van der Waals surface area (Å²) in [6, 6.07) is 1.93. The van der Waals surface area contributed by atoms with Crippen molar-refractivity contribution in [3.63, 3.8) is 0 Å². The fourth-order valence-electron chi connectivity index (χ4n) is 2.55. The molecule has 0 bridgehead atoms. The molecule has 2 heterocycles. The van der Waals surface area contributed by atoms with Crippen molar-refractivity contribution in [3.8, 4) is 0 Å². The number of hydrogen-bond acceptors (Lipinski definition) is 5. The summed E-state index contributed by atoms with van der Waals surface area (Å²) in [6.07, 6.45) is 1.73. The Bertz CT molecular complexity index is 541. The molecule has 1 aromatic heterocycles. The van der Waals surface area contributed by atoms with Crippen LogP contribution in [0.25, 0.3) is 0 Å². The van der Waals surface area contributed by atoms with E-state index in [2.05, 4.69) is 17.4 Å². The molecule has 20 heavy (non-hydrogen) atoms. The van der Waals surface area contributed by atoms with Gasteiger partial charge < -0.3 is 9.84 Å². The first-order valence-corrected chi connectivity index (χ1v) is 8.72. The molecular weight excluding hydrogens is 278 g/mol. The number of aryl methyl sites for hydroxylation is 1. The monoisotopic (exact) mass is 301 g/mol. The first-order chi connectivity index (χ1) is 9.46. The second-order valence-corrected chi connectivity index (χ2v) is 7.25. The van der Waals surface area contributed by atoms with E-state index in [1.165, 1.54) is 0 Å². The highest BCUT2D eigenvalue weighted by Gasteiger charge is 2.34. The highest BCUT2D eigenvalue weighted by molar-refractivity contribution is 7.88. The van der Waals surface area contributed by atoms with Crippen LogP contribution in [0, 0.1) is 6.92 Å². The Morgan fingerprint density at radius 3 is 2.75 bits per heavy atom. The summed E-state index contributed by atoms with van der Waals surface area (Å²) in [7, 11) is -3.36. The van der Waals surface area contributed by atoms with Gasteiger partial charge in [0.1, 0.15) is 17.2 Å². The van der Waals surface area contributed by atoms with Gasteiger partial charge in [0.25, 0.3) is 0 Å². The molecule has 2 atom stereocenters. The molecule has 1 N–H and O–H groups in total. The highest BCUT2D eigenvalue weighted by atomic mass is 32.2. The fourth-order valence-corrected chi connectivity index (χ4v) is 4.31. The lowest BCUT2D eigenvalue weighted by atomic mass is 10.1. The molecule has 0 amide bonds. The van der Waals surface area contributed by atoms with Gasteiger partial charge in [-0.2, -0.15) is 4.31 Å². The van der Waals surface area contributed by atoms with Crippen LogP contribution in [-0.2, 0) is 15.8 Å². The summed E-state index contributed by atoms with van der Waals surface area (Å²) in [5.74, 6) is 0.547. The van der Waals surface area contributed by atoms with E-state index in [0.29, 0.717) is 24.5 Å². The third-order valence-corrected chi connectivity index (χ3v) is 5.60. The number of nitrogens with one attached hydrogen (secondary N) is 1. The van der Waals surface area contributed by atoms with Gasteiger partial charge in [-0.15, -0.1) is 0 Å². The molecule has 7 heteroatoms. The van der Waals surface area contributed by atoms with Crippen LogP contribution < -0.4 is 5.32 Å². The summed E-state index contributed by atoms with van der Waals surface area (Å²) < 4.78 is 31.8. The Balaban J connectivity index is 2.16. The molecule has 0 saturated carbocycles. The molecule has 0 aromatic carbocycles. The van der Waals surface area contributed by atoms with Gasteiger partial charge in [0, 0.05) is 31.2 Å². The van der Waals surface area contributed by atoms with Crippen molar-refractivity contribution in [2.75, 3.05) is 13.1 Å². The van der Waals surface area contributed by atoms with Crippen molar-refractivity contribution in [2.45, 2.75) is 51.4 Å². The Labute approximate surface area is 120 Å². The van der Waals surface area contributed by atoms with Gasteiger partial charge in [-0.05, 0) is 19.8 Å². The van der Waals surface area contributed by atoms with Crippen LogP contribution in [0.2, 0.25) is 0 Å². The van der Waals surface area contributed by atoms with E-state index in [1.54, 1.807) is 17.3 Å². The number of hydrogen-bond donors (Lipinski definition) is 1. The van der Waals surface area contributed by atoms with E-state index in [4.69, 9.17) is 4.52 Å². The van der Waals surface area contributed by atoms with E-state index >= 15 is 0 Å². The topological polar surface area (TPSA) is 75.4 Å². The van der Waals surface area contributed by atoms with Gasteiger partial charge in [-0.25, -0.2) is 8.42 Å². The minimum atomic E-state index is -3.36. The van der Waals surface area contributed by atoms with Crippen LogP contribution >= 0.6 is 0 Å². The van der Waals surface area contributed by atoms with Crippen molar-refractivity contribution in [1.82, 2.24) is 14.8 Å². The molecule has 1 aromatic rings. The number of nitrogens with zero attached hydrogens (tertiary/aromatic N) is 2. The van der Waals surface area contributed by atoms with Crippen molar-refractivity contribution >= 4 is 10.0 Å². The number of piperazine rings is 1. The molecular formula is C13H23N3O3S. The number of aromatic nitrogens is 1. The smallest absolute Gasteiger partial charge is 0.220 e. The van der Waals surface area contributed by atoms with Crippen molar-refractivity contribution in [3.05, 3.63) is 17.5 Å². The van der Waals surface area contributed by atoms with Crippen LogP contribution in [0.4, 0.5) is 0 Å². The molecule has 1 saturated heterocycles. The normalized spacial score (nSPS) is 24.9.